The molecule has 9 heteroatoms. The minimum atomic E-state index is -0.604. The van der Waals surface area contributed by atoms with Gasteiger partial charge >= 0.3 is 5.69 Å². The van der Waals surface area contributed by atoms with Gasteiger partial charge in [0.25, 0.3) is 5.56 Å². The van der Waals surface area contributed by atoms with Gasteiger partial charge in [-0.3, -0.25) is 13.9 Å². The van der Waals surface area contributed by atoms with E-state index in [1.165, 1.54) is 28.5 Å². The lowest BCUT2D eigenvalue weighted by Crippen LogP contribution is -3.15. The lowest BCUT2D eigenvalue weighted by Gasteiger charge is -2.34. The molecule has 1 aromatic carbocycles. The van der Waals surface area contributed by atoms with Crippen molar-refractivity contribution in [2.75, 3.05) is 37.6 Å². The Morgan fingerprint density at radius 3 is 2.48 bits per heavy atom. The van der Waals surface area contributed by atoms with Crippen molar-refractivity contribution in [1.82, 2.24) is 18.7 Å². The SMILES string of the molecule is Cn1c(=O)c2c(ncn2C[C@@H](O)C[NH+]2CCN(c3ccccc3)CC2)n(C)c1=O. The van der Waals surface area contributed by atoms with Gasteiger partial charge in [0.15, 0.2) is 11.2 Å². The minimum absolute atomic E-state index is 0.274. The summed E-state index contributed by atoms with van der Waals surface area (Å²) in [6, 6.07) is 10.4. The first-order valence-electron chi connectivity index (χ1n) is 9.88. The number of hydrogen-bond acceptors (Lipinski definition) is 5. The first-order chi connectivity index (χ1) is 14.0. The molecule has 0 aliphatic carbocycles. The number of aliphatic hydroxyl groups is 1. The van der Waals surface area contributed by atoms with Crippen LogP contribution in [0, 0.1) is 0 Å². The number of nitrogens with zero attached hydrogens (tertiary/aromatic N) is 5. The van der Waals surface area contributed by atoms with Gasteiger partial charge in [-0.15, -0.1) is 0 Å². The second-order valence-corrected chi connectivity index (χ2v) is 7.71. The van der Waals surface area contributed by atoms with Gasteiger partial charge in [-0.2, -0.15) is 0 Å². The summed E-state index contributed by atoms with van der Waals surface area (Å²) < 4.78 is 4.08. The maximum atomic E-state index is 12.5. The molecule has 1 fully saturated rings. The Kier molecular flexibility index (Phi) is 5.25. The van der Waals surface area contributed by atoms with Crippen LogP contribution in [-0.2, 0) is 20.6 Å². The van der Waals surface area contributed by atoms with E-state index in [9.17, 15) is 14.7 Å². The number of benzene rings is 1. The number of aryl methyl sites for hydroxylation is 1. The summed E-state index contributed by atoms with van der Waals surface area (Å²) in [7, 11) is 3.04. The molecule has 3 aromatic rings. The molecular formula is C20H27N6O3+. The van der Waals surface area contributed by atoms with Crippen LogP contribution in [-0.4, -0.2) is 62.6 Å². The third kappa shape index (κ3) is 3.70. The summed E-state index contributed by atoms with van der Waals surface area (Å²) in [4.78, 5) is 32.5. The summed E-state index contributed by atoms with van der Waals surface area (Å²) >= 11 is 0. The Bertz CT molecular complexity index is 1110. The number of para-hydroxylation sites is 1. The molecule has 0 spiro atoms. The quantitative estimate of drug-likeness (QED) is 0.529. The lowest BCUT2D eigenvalue weighted by atomic mass is 10.2. The lowest BCUT2D eigenvalue weighted by molar-refractivity contribution is -0.903. The number of aliphatic hydroxyl groups excluding tert-OH is 1. The van der Waals surface area contributed by atoms with Crippen LogP contribution < -0.4 is 21.0 Å². The van der Waals surface area contributed by atoms with Crippen LogP contribution >= 0.6 is 0 Å². The molecule has 0 bridgehead atoms. The van der Waals surface area contributed by atoms with Gasteiger partial charge in [-0.05, 0) is 12.1 Å². The van der Waals surface area contributed by atoms with Crippen molar-refractivity contribution in [2.45, 2.75) is 12.6 Å². The number of quaternary nitrogens is 1. The molecule has 2 aromatic heterocycles. The summed E-state index contributed by atoms with van der Waals surface area (Å²) in [5.41, 5.74) is 1.12. The number of nitrogens with one attached hydrogen (secondary N) is 1. The fourth-order valence-electron chi connectivity index (χ4n) is 4.08. The van der Waals surface area contributed by atoms with E-state index in [0.29, 0.717) is 17.7 Å². The van der Waals surface area contributed by atoms with Gasteiger partial charge in [0.1, 0.15) is 12.6 Å². The van der Waals surface area contributed by atoms with E-state index in [1.54, 1.807) is 11.6 Å². The minimum Gasteiger partial charge on any atom is -0.385 e. The Hall–Kier alpha value is -2.91. The monoisotopic (exact) mass is 399 g/mol. The van der Waals surface area contributed by atoms with Crippen molar-refractivity contribution in [3.05, 3.63) is 57.5 Å². The topological polar surface area (TPSA) is 89.7 Å². The van der Waals surface area contributed by atoms with Crippen molar-refractivity contribution >= 4 is 16.9 Å². The van der Waals surface area contributed by atoms with Crippen LogP contribution in [0.3, 0.4) is 0 Å². The highest BCUT2D eigenvalue weighted by Gasteiger charge is 2.23. The highest BCUT2D eigenvalue weighted by Crippen LogP contribution is 2.12. The van der Waals surface area contributed by atoms with Gasteiger partial charge in [0.2, 0.25) is 0 Å². The summed E-state index contributed by atoms with van der Waals surface area (Å²) in [5, 5.41) is 10.6. The average Bonchev–Trinajstić information content (AvgIpc) is 3.15. The Labute approximate surface area is 168 Å². The molecule has 4 rings (SSSR count). The van der Waals surface area contributed by atoms with E-state index in [1.807, 2.05) is 18.2 Å². The van der Waals surface area contributed by atoms with E-state index in [0.717, 1.165) is 30.7 Å². The predicted octanol–water partition coefficient (Wildman–Crippen LogP) is -1.80. The van der Waals surface area contributed by atoms with Crippen molar-refractivity contribution in [3.8, 4) is 0 Å². The zero-order valence-electron chi connectivity index (χ0n) is 16.8. The third-order valence-electron chi connectivity index (χ3n) is 5.74. The van der Waals surface area contributed by atoms with Crippen molar-refractivity contribution in [3.63, 3.8) is 0 Å². The van der Waals surface area contributed by atoms with Gasteiger partial charge in [0, 0.05) is 19.8 Å². The van der Waals surface area contributed by atoms with Crippen LogP contribution in [0.4, 0.5) is 5.69 Å². The zero-order chi connectivity index (χ0) is 20.5. The van der Waals surface area contributed by atoms with Crippen LogP contribution in [0.1, 0.15) is 0 Å². The number of rotatable bonds is 5. The highest BCUT2D eigenvalue weighted by molar-refractivity contribution is 5.69. The van der Waals surface area contributed by atoms with E-state index < -0.39 is 17.4 Å². The number of anilines is 1. The van der Waals surface area contributed by atoms with Crippen molar-refractivity contribution < 1.29 is 10.0 Å². The smallest absolute Gasteiger partial charge is 0.332 e. The molecule has 154 valence electrons. The van der Waals surface area contributed by atoms with Gasteiger partial charge in [-0.1, -0.05) is 18.2 Å². The molecule has 0 radical (unpaired) electrons. The molecule has 1 aliphatic rings. The fraction of sp³-hybridized carbons (Fsp3) is 0.450. The average molecular weight is 399 g/mol. The standard InChI is InChI=1S/C20H26N6O3/c1-22-18-17(19(28)23(2)20(22)29)26(14-21-18)13-16(27)12-24-8-10-25(11-9-24)15-6-4-3-5-7-15/h3-7,14,16,27H,8-13H2,1-2H3/p+1/t16-/m0/s1. The van der Waals surface area contributed by atoms with Gasteiger partial charge in [-0.25, -0.2) is 9.78 Å². The van der Waals surface area contributed by atoms with Gasteiger partial charge < -0.3 is 19.5 Å². The number of fused-ring (bicyclic) bond motifs is 1. The molecule has 0 saturated carbocycles. The fourth-order valence-corrected chi connectivity index (χ4v) is 4.08. The molecular weight excluding hydrogens is 372 g/mol. The number of piperazine rings is 1. The molecule has 1 aliphatic heterocycles. The summed E-state index contributed by atoms with van der Waals surface area (Å²) in [5.74, 6) is 0. The largest absolute Gasteiger partial charge is 0.385 e. The van der Waals surface area contributed by atoms with Crippen molar-refractivity contribution in [1.29, 1.82) is 0 Å². The normalized spacial score (nSPS) is 16.4. The number of hydrogen-bond donors (Lipinski definition) is 2. The molecule has 3 heterocycles. The highest BCUT2D eigenvalue weighted by atomic mass is 16.3. The van der Waals surface area contributed by atoms with Crippen LogP contribution in [0.25, 0.3) is 11.2 Å². The zero-order valence-corrected chi connectivity index (χ0v) is 16.8. The van der Waals surface area contributed by atoms with E-state index in [-0.39, 0.29) is 6.54 Å². The Morgan fingerprint density at radius 2 is 1.79 bits per heavy atom. The summed E-state index contributed by atoms with van der Waals surface area (Å²) in [6.45, 7) is 4.68. The molecule has 1 atom stereocenters. The maximum Gasteiger partial charge on any atom is 0.332 e. The van der Waals surface area contributed by atoms with E-state index >= 15 is 0 Å². The third-order valence-corrected chi connectivity index (χ3v) is 5.74. The Morgan fingerprint density at radius 1 is 1.10 bits per heavy atom. The van der Waals surface area contributed by atoms with Crippen LogP contribution in [0.15, 0.2) is 46.2 Å². The second-order valence-electron chi connectivity index (χ2n) is 7.71. The summed E-state index contributed by atoms with van der Waals surface area (Å²) in [6.07, 6.45) is 0.921. The number of imidazole rings is 1. The van der Waals surface area contributed by atoms with E-state index in [4.69, 9.17) is 0 Å². The molecule has 1 saturated heterocycles. The molecule has 2 N–H and O–H groups in total. The second kappa shape index (κ2) is 7.84. The number of aromatic nitrogens is 4. The molecule has 29 heavy (non-hydrogen) atoms. The van der Waals surface area contributed by atoms with Crippen LogP contribution in [0.5, 0.6) is 0 Å². The Balaban J connectivity index is 1.42. The predicted molar refractivity (Wildman–Crippen MR) is 110 cm³/mol. The van der Waals surface area contributed by atoms with E-state index in [2.05, 4.69) is 22.0 Å². The molecule has 0 amide bonds. The molecule has 0 unspecified atom stereocenters. The maximum absolute atomic E-state index is 12.5. The molecule has 9 nitrogen and oxygen atoms in total. The first kappa shape index (κ1) is 19.4. The van der Waals surface area contributed by atoms with Gasteiger partial charge in [0.05, 0.1) is 39.1 Å². The van der Waals surface area contributed by atoms with Crippen molar-refractivity contribution in [2.24, 2.45) is 14.1 Å². The first-order valence-corrected chi connectivity index (χ1v) is 9.88. The van der Waals surface area contributed by atoms with Crippen LogP contribution in [0.2, 0.25) is 0 Å².